The lowest BCUT2D eigenvalue weighted by atomic mass is 10.2. The summed E-state index contributed by atoms with van der Waals surface area (Å²) in [4.78, 5) is 16.6. The van der Waals surface area contributed by atoms with Gasteiger partial charge < -0.3 is 5.32 Å². The average Bonchev–Trinajstić information content (AvgIpc) is 3.35. The molecule has 0 aliphatic heterocycles. The molecule has 7 nitrogen and oxygen atoms in total. The lowest BCUT2D eigenvalue weighted by Crippen LogP contribution is -2.11. The highest BCUT2D eigenvalue weighted by Crippen LogP contribution is 2.25. The van der Waals surface area contributed by atoms with Crippen LogP contribution in [0.3, 0.4) is 0 Å². The van der Waals surface area contributed by atoms with Gasteiger partial charge in [0.15, 0.2) is 5.01 Å². The van der Waals surface area contributed by atoms with Crippen molar-refractivity contribution in [2.75, 3.05) is 5.32 Å². The van der Waals surface area contributed by atoms with E-state index in [1.54, 1.807) is 41.5 Å². The molecular weight excluding hydrogens is 419 g/mol. The van der Waals surface area contributed by atoms with Crippen LogP contribution >= 0.6 is 34.5 Å². The quantitative estimate of drug-likeness (QED) is 0.506. The first-order valence-electron chi connectivity index (χ1n) is 8.12. The van der Waals surface area contributed by atoms with Crippen LogP contribution in [0.1, 0.15) is 15.4 Å². The van der Waals surface area contributed by atoms with Crippen LogP contribution in [0.5, 0.6) is 0 Å². The van der Waals surface area contributed by atoms with Crippen LogP contribution in [0.25, 0.3) is 10.7 Å². The number of halogens is 2. The monoisotopic (exact) mass is 430 g/mol. The SMILES string of the molecule is O=C(Nc1cnn(Cc2c(Cl)cccc2Cl)c1)c1nnc(-c2ccccn2)s1. The third kappa shape index (κ3) is 4.04. The number of rotatable bonds is 5. The Morgan fingerprint density at radius 2 is 1.93 bits per heavy atom. The zero-order chi connectivity index (χ0) is 19.5. The molecule has 0 spiro atoms. The maximum atomic E-state index is 12.4. The van der Waals surface area contributed by atoms with Crippen molar-refractivity contribution in [1.82, 2.24) is 25.0 Å². The van der Waals surface area contributed by atoms with Gasteiger partial charge in [0.1, 0.15) is 5.69 Å². The van der Waals surface area contributed by atoms with Crippen LogP contribution in [0, 0.1) is 0 Å². The minimum atomic E-state index is -0.366. The Balaban J connectivity index is 1.45. The van der Waals surface area contributed by atoms with Gasteiger partial charge in [0.05, 0.1) is 18.4 Å². The number of nitrogens with zero attached hydrogens (tertiary/aromatic N) is 5. The van der Waals surface area contributed by atoms with Crippen molar-refractivity contribution in [2.24, 2.45) is 0 Å². The molecule has 140 valence electrons. The Morgan fingerprint density at radius 1 is 1.11 bits per heavy atom. The number of anilines is 1. The fourth-order valence-electron chi connectivity index (χ4n) is 2.45. The summed E-state index contributed by atoms with van der Waals surface area (Å²) in [5.74, 6) is -0.366. The number of amides is 1. The summed E-state index contributed by atoms with van der Waals surface area (Å²) in [6.07, 6.45) is 4.90. The van der Waals surface area contributed by atoms with Gasteiger partial charge in [-0.3, -0.25) is 14.5 Å². The molecule has 3 heterocycles. The fourth-order valence-corrected chi connectivity index (χ4v) is 3.68. The molecule has 0 fully saturated rings. The number of hydrogen-bond acceptors (Lipinski definition) is 6. The highest BCUT2D eigenvalue weighted by molar-refractivity contribution is 7.16. The van der Waals surface area contributed by atoms with E-state index in [4.69, 9.17) is 23.2 Å². The topological polar surface area (TPSA) is 85.6 Å². The van der Waals surface area contributed by atoms with E-state index >= 15 is 0 Å². The minimum absolute atomic E-state index is 0.238. The maximum Gasteiger partial charge on any atom is 0.286 e. The number of pyridine rings is 1. The van der Waals surface area contributed by atoms with E-state index in [2.05, 4.69) is 25.6 Å². The summed E-state index contributed by atoms with van der Waals surface area (Å²) < 4.78 is 1.64. The lowest BCUT2D eigenvalue weighted by Gasteiger charge is -2.06. The molecule has 4 aromatic rings. The van der Waals surface area contributed by atoms with Crippen molar-refractivity contribution in [3.63, 3.8) is 0 Å². The summed E-state index contributed by atoms with van der Waals surface area (Å²) in [6.45, 7) is 0.386. The minimum Gasteiger partial charge on any atom is -0.317 e. The molecule has 0 atom stereocenters. The van der Waals surface area contributed by atoms with E-state index < -0.39 is 0 Å². The van der Waals surface area contributed by atoms with E-state index in [1.165, 1.54) is 11.3 Å². The van der Waals surface area contributed by atoms with Crippen LogP contribution in [0.15, 0.2) is 55.0 Å². The zero-order valence-electron chi connectivity index (χ0n) is 14.2. The molecule has 1 aromatic carbocycles. The average molecular weight is 431 g/mol. The van der Waals surface area contributed by atoms with Crippen molar-refractivity contribution in [2.45, 2.75) is 6.54 Å². The van der Waals surface area contributed by atoms with Crippen molar-refractivity contribution < 1.29 is 4.79 Å². The molecule has 28 heavy (non-hydrogen) atoms. The van der Waals surface area contributed by atoms with Gasteiger partial charge in [0, 0.05) is 28.0 Å². The summed E-state index contributed by atoms with van der Waals surface area (Å²) in [5.41, 5.74) is 1.96. The number of aromatic nitrogens is 5. The maximum absolute atomic E-state index is 12.4. The third-order valence-corrected chi connectivity index (χ3v) is 5.43. The third-order valence-electron chi connectivity index (χ3n) is 3.78. The predicted molar refractivity (Wildman–Crippen MR) is 109 cm³/mol. The van der Waals surface area contributed by atoms with Gasteiger partial charge in [-0.25, -0.2) is 0 Å². The number of carbonyl (C=O) groups is 1. The Kier molecular flexibility index (Phi) is 5.34. The van der Waals surface area contributed by atoms with Gasteiger partial charge in [-0.15, -0.1) is 10.2 Å². The number of nitrogens with one attached hydrogen (secondary N) is 1. The molecule has 1 amide bonds. The molecule has 4 rings (SSSR count). The van der Waals surface area contributed by atoms with Crippen molar-refractivity contribution >= 4 is 46.1 Å². The standard InChI is InChI=1S/C18H12Cl2N6OS/c19-13-4-3-5-14(20)12(13)10-26-9-11(8-22-26)23-16(27)18-25-24-17(28-18)15-6-1-2-7-21-15/h1-9H,10H2,(H,23,27). The van der Waals surface area contributed by atoms with Gasteiger partial charge >= 0.3 is 0 Å². The molecular formula is C18H12Cl2N6OS. The molecule has 0 saturated carbocycles. The molecule has 3 aromatic heterocycles. The second-order valence-electron chi connectivity index (χ2n) is 5.71. The largest absolute Gasteiger partial charge is 0.317 e. The Hall–Kier alpha value is -2.81. The van der Waals surface area contributed by atoms with E-state index in [0.29, 0.717) is 33.0 Å². The van der Waals surface area contributed by atoms with Gasteiger partial charge in [-0.05, 0) is 24.3 Å². The van der Waals surface area contributed by atoms with Crippen molar-refractivity contribution in [3.05, 3.63) is 75.6 Å². The number of carbonyl (C=O) groups excluding carboxylic acids is 1. The summed E-state index contributed by atoms with van der Waals surface area (Å²) in [6, 6.07) is 10.8. The zero-order valence-corrected chi connectivity index (χ0v) is 16.5. The Morgan fingerprint density at radius 3 is 2.68 bits per heavy atom. The fraction of sp³-hybridized carbons (Fsp3) is 0.0556. The first-order valence-corrected chi connectivity index (χ1v) is 9.69. The summed E-state index contributed by atoms with van der Waals surface area (Å²) in [5, 5.41) is 16.9. The second kappa shape index (κ2) is 8.05. The van der Waals surface area contributed by atoms with Crippen LogP contribution < -0.4 is 5.32 Å². The van der Waals surface area contributed by atoms with Crippen molar-refractivity contribution in [1.29, 1.82) is 0 Å². The molecule has 10 heteroatoms. The van der Waals surface area contributed by atoms with Crippen molar-refractivity contribution in [3.8, 4) is 10.7 Å². The lowest BCUT2D eigenvalue weighted by molar-refractivity contribution is 0.102. The summed E-state index contributed by atoms with van der Waals surface area (Å²) in [7, 11) is 0. The van der Waals surface area contributed by atoms with E-state index in [9.17, 15) is 4.79 Å². The molecule has 0 aliphatic carbocycles. The van der Waals surface area contributed by atoms with Gasteiger partial charge in [0.2, 0.25) is 5.01 Å². The van der Waals surface area contributed by atoms with Gasteiger partial charge in [0.25, 0.3) is 5.91 Å². The molecule has 0 aliphatic rings. The molecule has 0 unspecified atom stereocenters. The highest BCUT2D eigenvalue weighted by Gasteiger charge is 2.15. The first-order chi connectivity index (χ1) is 13.6. The van der Waals surface area contributed by atoms with Crippen LogP contribution in [-0.2, 0) is 6.54 Å². The van der Waals surface area contributed by atoms with Crippen LogP contribution in [0.2, 0.25) is 10.0 Å². The smallest absolute Gasteiger partial charge is 0.286 e. The van der Waals surface area contributed by atoms with Gasteiger partial charge in [-0.2, -0.15) is 5.10 Å². The summed E-state index contributed by atoms with van der Waals surface area (Å²) >= 11 is 13.5. The van der Waals surface area contributed by atoms with E-state index in [-0.39, 0.29) is 10.9 Å². The number of benzene rings is 1. The van der Waals surface area contributed by atoms with E-state index in [1.807, 2.05) is 18.2 Å². The molecule has 0 bridgehead atoms. The van der Waals surface area contributed by atoms with Gasteiger partial charge in [-0.1, -0.05) is 46.7 Å². The van der Waals surface area contributed by atoms with Crippen LogP contribution in [0.4, 0.5) is 5.69 Å². The predicted octanol–water partition coefficient (Wildman–Crippen LogP) is 4.40. The molecule has 1 N–H and O–H groups in total. The molecule has 0 saturated heterocycles. The first kappa shape index (κ1) is 18.5. The normalized spacial score (nSPS) is 10.8. The molecule has 0 radical (unpaired) electrons. The van der Waals surface area contributed by atoms with E-state index in [0.717, 1.165) is 5.56 Å². The highest BCUT2D eigenvalue weighted by atomic mass is 35.5. The van der Waals surface area contributed by atoms with Crippen LogP contribution in [-0.4, -0.2) is 30.9 Å². The second-order valence-corrected chi connectivity index (χ2v) is 7.50. The number of hydrogen-bond donors (Lipinski definition) is 1. The Labute approximate surface area is 174 Å². The Bertz CT molecular complexity index is 1110.